The molecule has 0 amide bonds. The van der Waals surface area contributed by atoms with Crippen LogP contribution >= 0.6 is 11.3 Å². The summed E-state index contributed by atoms with van der Waals surface area (Å²) in [4.78, 5) is 9.70. The molecular weight excluding hydrogens is 278 g/mol. The Morgan fingerprint density at radius 3 is 2.86 bits per heavy atom. The van der Waals surface area contributed by atoms with Crippen LogP contribution in [0.1, 0.15) is 23.6 Å². The third-order valence-electron chi connectivity index (χ3n) is 3.67. The lowest BCUT2D eigenvalue weighted by Gasteiger charge is -2.16. The minimum Gasteiger partial charge on any atom is -0.367 e. The van der Waals surface area contributed by atoms with E-state index in [1.54, 1.807) is 17.7 Å². The van der Waals surface area contributed by atoms with Crippen LogP contribution in [0.25, 0.3) is 10.2 Å². The molecule has 0 aliphatic rings. The summed E-state index contributed by atoms with van der Waals surface area (Å²) in [5.74, 6) is 0.929. The maximum atomic E-state index is 4.38. The van der Waals surface area contributed by atoms with E-state index >= 15 is 0 Å². The molecule has 1 unspecified atom stereocenters. The highest BCUT2D eigenvalue weighted by atomic mass is 32.1. The number of fused-ring (bicyclic) bond motifs is 1. The lowest BCUT2D eigenvalue weighted by atomic mass is 10.00. The van der Waals surface area contributed by atoms with Crippen LogP contribution < -0.4 is 5.32 Å². The topological polar surface area (TPSA) is 37.8 Å². The molecule has 0 fully saturated rings. The fraction of sp³-hybridized carbons (Fsp3) is 0.294. The minimum absolute atomic E-state index is 0.324. The van der Waals surface area contributed by atoms with Crippen molar-refractivity contribution in [2.45, 2.75) is 33.2 Å². The molecule has 1 aromatic carbocycles. The normalized spacial score (nSPS) is 12.5. The molecule has 0 spiro atoms. The van der Waals surface area contributed by atoms with Gasteiger partial charge in [-0.3, -0.25) is 0 Å². The van der Waals surface area contributed by atoms with Crippen LogP contribution in [0.3, 0.4) is 0 Å². The van der Waals surface area contributed by atoms with Gasteiger partial charge in [0, 0.05) is 6.04 Å². The summed E-state index contributed by atoms with van der Waals surface area (Å²) in [7, 11) is 0. The van der Waals surface area contributed by atoms with E-state index in [9.17, 15) is 0 Å². The van der Waals surface area contributed by atoms with Crippen LogP contribution in [0, 0.1) is 13.8 Å². The van der Waals surface area contributed by atoms with Crippen molar-refractivity contribution in [3.63, 3.8) is 0 Å². The maximum absolute atomic E-state index is 4.38. The van der Waals surface area contributed by atoms with Crippen molar-refractivity contribution in [2.24, 2.45) is 0 Å². The molecule has 3 rings (SSSR count). The molecule has 1 atom stereocenters. The van der Waals surface area contributed by atoms with Crippen molar-refractivity contribution in [1.29, 1.82) is 0 Å². The van der Waals surface area contributed by atoms with E-state index in [1.165, 1.54) is 16.7 Å². The first-order chi connectivity index (χ1) is 10.1. The van der Waals surface area contributed by atoms with Crippen LogP contribution in [0.15, 0.2) is 36.0 Å². The summed E-state index contributed by atoms with van der Waals surface area (Å²) < 4.78 is 0. The Bertz CT molecular complexity index is 764. The minimum atomic E-state index is 0.324. The first kappa shape index (κ1) is 14.0. The largest absolute Gasteiger partial charge is 0.367 e. The number of aryl methyl sites for hydroxylation is 2. The number of hydrogen-bond acceptors (Lipinski definition) is 4. The zero-order valence-corrected chi connectivity index (χ0v) is 13.4. The number of hydrogen-bond donors (Lipinski definition) is 1. The molecule has 21 heavy (non-hydrogen) atoms. The summed E-state index contributed by atoms with van der Waals surface area (Å²) >= 11 is 1.65. The van der Waals surface area contributed by atoms with Crippen molar-refractivity contribution >= 4 is 27.4 Å². The Kier molecular flexibility index (Phi) is 3.88. The second-order valence-corrected chi connectivity index (χ2v) is 6.44. The summed E-state index contributed by atoms with van der Waals surface area (Å²) in [6, 6.07) is 9.04. The Morgan fingerprint density at radius 2 is 2.05 bits per heavy atom. The Balaban J connectivity index is 1.77. The zero-order valence-electron chi connectivity index (χ0n) is 12.6. The molecule has 3 aromatic rings. The molecule has 1 N–H and O–H groups in total. The maximum Gasteiger partial charge on any atom is 0.138 e. The molecule has 2 heterocycles. The third kappa shape index (κ3) is 3.05. The summed E-state index contributed by atoms with van der Waals surface area (Å²) in [6.07, 6.45) is 2.62. The van der Waals surface area contributed by atoms with Gasteiger partial charge in [0.15, 0.2) is 0 Å². The lowest BCUT2D eigenvalue weighted by Crippen LogP contribution is -2.19. The Labute approximate surface area is 129 Å². The van der Waals surface area contributed by atoms with E-state index in [1.807, 2.05) is 0 Å². The van der Waals surface area contributed by atoms with Gasteiger partial charge in [0.1, 0.15) is 17.0 Å². The number of benzene rings is 1. The highest BCUT2D eigenvalue weighted by molar-refractivity contribution is 7.16. The number of anilines is 1. The van der Waals surface area contributed by atoms with Crippen LogP contribution in [0.5, 0.6) is 0 Å². The van der Waals surface area contributed by atoms with Gasteiger partial charge >= 0.3 is 0 Å². The fourth-order valence-corrected chi connectivity index (χ4v) is 3.33. The molecule has 0 radical (unpaired) electrons. The van der Waals surface area contributed by atoms with E-state index < -0.39 is 0 Å². The van der Waals surface area contributed by atoms with Crippen molar-refractivity contribution in [1.82, 2.24) is 9.97 Å². The molecular formula is C17H19N3S. The fourth-order valence-electron chi connectivity index (χ4n) is 2.59. The number of aromatic nitrogens is 2. The van der Waals surface area contributed by atoms with Gasteiger partial charge < -0.3 is 5.32 Å². The summed E-state index contributed by atoms with van der Waals surface area (Å²) in [5, 5.41) is 6.68. The van der Waals surface area contributed by atoms with Gasteiger partial charge in [0.25, 0.3) is 0 Å². The predicted molar refractivity (Wildman–Crippen MR) is 90.1 cm³/mol. The molecule has 0 aliphatic carbocycles. The average Bonchev–Trinajstić information content (AvgIpc) is 2.91. The van der Waals surface area contributed by atoms with Gasteiger partial charge in [-0.2, -0.15) is 0 Å². The van der Waals surface area contributed by atoms with E-state index in [-0.39, 0.29) is 0 Å². The number of nitrogens with one attached hydrogen (secondary N) is 1. The van der Waals surface area contributed by atoms with Gasteiger partial charge in [0.05, 0.1) is 5.39 Å². The van der Waals surface area contributed by atoms with Crippen molar-refractivity contribution in [3.05, 3.63) is 52.7 Å². The van der Waals surface area contributed by atoms with Gasteiger partial charge in [-0.1, -0.05) is 23.8 Å². The summed E-state index contributed by atoms with van der Waals surface area (Å²) in [6.45, 7) is 6.50. The predicted octanol–water partition coefficient (Wildman–Crippen LogP) is 4.35. The van der Waals surface area contributed by atoms with E-state index in [0.717, 1.165) is 22.5 Å². The van der Waals surface area contributed by atoms with Gasteiger partial charge in [-0.25, -0.2) is 9.97 Å². The monoisotopic (exact) mass is 297 g/mol. The molecule has 0 saturated carbocycles. The number of nitrogens with zero attached hydrogens (tertiary/aromatic N) is 2. The molecule has 2 aromatic heterocycles. The Hall–Kier alpha value is -1.94. The van der Waals surface area contributed by atoms with Crippen LogP contribution in [-0.4, -0.2) is 16.0 Å². The molecule has 0 bridgehead atoms. The van der Waals surface area contributed by atoms with Gasteiger partial charge in [0.2, 0.25) is 0 Å². The van der Waals surface area contributed by atoms with Crippen molar-refractivity contribution in [2.75, 3.05) is 5.32 Å². The summed E-state index contributed by atoms with van der Waals surface area (Å²) in [5.41, 5.74) is 4.05. The van der Waals surface area contributed by atoms with Gasteiger partial charge in [-0.05, 0) is 49.8 Å². The van der Waals surface area contributed by atoms with E-state index in [2.05, 4.69) is 65.7 Å². The number of thiophene rings is 1. The zero-order chi connectivity index (χ0) is 14.8. The standard InChI is InChI=1S/C17H19N3S/c1-11-4-5-14(12(2)8-11)9-13(3)20-16-15-6-7-21-17(15)19-10-18-16/h4-8,10,13H,9H2,1-3H3,(H,18,19,20). The SMILES string of the molecule is Cc1ccc(CC(C)Nc2ncnc3sccc23)c(C)c1. The van der Waals surface area contributed by atoms with Crippen LogP contribution in [0.2, 0.25) is 0 Å². The van der Waals surface area contributed by atoms with Crippen molar-refractivity contribution in [3.8, 4) is 0 Å². The molecule has 3 nitrogen and oxygen atoms in total. The molecule has 0 aliphatic heterocycles. The molecule has 108 valence electrons. The lowest BCUT2D eigenvalue weighted by molar-refractivity contribution is 0.781. The van der Waals surface area contributed by atoms with E-state index in [4.69, 9.17) is 0 Å². The number of rotatable bonds is 4. The highest BCUT2D eigenvalue weighted by Crippen LogP contribution is 2.24. The second kappa shape index (κ2) is 5.82. The molecule has 0 saturated heterocycles. The first-order valence-corrected chi connectivity index (χ1v) is 8.02. The average molecular weight is 297 g/mol. The van der Waals surface area contributed by atoms with Crippen LogP contribution in [0.4, 0.5) is 5.82 Å². The second-order valence-electron chi connectivity index (χ2n) is 5.54. The quantitative estimate of drug-likeness (QED) is 0.778. The third-order valence-corrected chi connectivity index (χ3v) is 4.49. The van der Waals surface area contributed by atoms with E-state index in [0.29, 0.717) is 6.04 Å². The van der Waals surface area contributed by atoms with Crippen LogP contribution in [-0.2, 0) is 6.42 Å². The first-order valence-electron chi connectivity index (χ1n) is 7.14. The van der Waals surface area contributed by atoms with Gasteiger partial charge in [-0.15, -0.1) is 11.3 Å². The van der Waals surface area contributed by atoms with Crippen molar-refractivity contribution < 1.29 is 0 Å². The highest BCUT2D eigenvalue weighted by Gasteiger charge is 2.10. The smallest absolute Gasteiger partial charge is 0.138 e. The molecule has 4 heteroatoms. The Morgan fingerprint density at radius 1 is 1.19 bits per heavy atom.